The lowest BCUT2D eigenvalue weighted by molar-refractivity contribution is 0.798. The third-order valence-corrected chi connectivity index (χ3v) is 8.82. The van der Waals surface area contributed by atoms with Crippen LogP contribution in [0.5, 0.6) is 0 Å². The Bertz CT molecular complexity index is 1580. The number of benzene rings is 6. The average Bonchev–Trinajstić information content (AvgIpc) is 3.12. The van der Waals surface area contributed by atoms with Gasteiger partial charge < -0.3 is 9.80 Å². The lowest BCUT2D eigenvalue weighted by Gasteiger charge is -2.28. The quantitative estimate of drug-likeness (QED) is 0.130. The molecule has 0 heterocycles. The first kappa shape index (κ1) is 30.9. The Morgan fingerprint density at radius 2 is 0.630 bits per heavy atom. The first-order chi connectivity index (χ1) is 22.7. The van der Waals surface area contributed by atoms with Crippen molar-refractivity contribution in [3.63, 3.8) is 0 Å². The van der Waals surface area contributed by atoms with Crippen molar-refractivity contribution in [2.45, 2.75) is 52.9 Å². The zero-order chi connectivity index (χ0) is 31.6. The third kappa shape index (κ3) is 7.76. The standard InChI is InChI=1S/C44H44N2/c1-3-39-29-41(45(31-35-17-9-5-10-18-35)32-36-19-11-6-12-20-36)25-27-43(39)44-28-26-42(30-40(44)4-2)46(33-37-21-13-7-14-22-37)34-38-23-15-8-16-24-38/h5-30H,3-4,31-34H2,1-2H3. The SMILES string of the molecule is CCc1cc(N(Cc2ccccc2)Cc2ccccc2)ccc1-c1ccc(N(Cc2ccccc2)Cc2ccccc2)cc1CC. The largest absolute Gasteiger partial charge is 0.363 e. The highest BCUT2D eigenvalue weighted by Crippen LogP contribution is 2.35. The van der Waals surface area contributed by atoms with Crippen molar-refractivity contribution in [3.8, 4) is 11.1 Å². The van der Waals surface area contributed by atoms with Gasteiger partial charge in [-0.3, -0.25) is 0 Å². The maximum Gasteiger partial charge on any atom is 0.0433 e. The van der Waals surface area contributed by atoms with Gasteiger partial charge in [-0.2, -0.15) is 0 Å². The highest BCUT2D eigenvalue weighted by Gasteiger charge is 2.16. The second-order valence-electron chi connectivity index (χ2n) is 12.0. The number of hydrogen-bond donors (Lipinski definition) is 0. The van der Waals surface area contributed by atoms with Gasteiger partial charge in [0.05, 0.1) is 0 Å². The van der Waals surface area contributed by atoms with Gasteiger partial charge in [0.1, 0.15) is 0 Å². The van der Waals surface area contributed by atoms with Crippen LogP contribution in [0, 0.1) is 0 Å². The zero-order valence-corrected chi connectivity index (χ0v) is 27.1. The molecule has 0 fully saturated rings. The van der Waals surface area contributed by atoms with Crippen molar-refractivity contribution in [2.24, 2.45) is 0 Å². The van der Waals surface area contributed by atoms with Crippen LogP contribution in [-0.2, 0) is 39.0 Å². The summed E-state index contributed by atoms with van der Waals surface area (Å²) in [6.07, 6.45) is 1.96. The molecule has 0 aliphatic heterocycles. The summed E-state index contributed by atoms with van der Waals surface area (Å²) in [6, 6.07) is 57.4. The Labute approximate surface area is 275 Å². The predicted octanol–water partition coefficient (Wildman–Crippen LogP) is 10.9. The first-order valence-corrected chi connectivity index (χ1v) is 16.6. The van der Waals surface area contributed by atoms with Crippen LogP contribution in [-0.4, -0.2) is 0 Å². The summed E-state index contributed by atoms with van der Waals surface area (Å²) < 4.78 is 0. The van der Waals surface area contributed by atoms with Crippen LogP contribution in [0.2, 0.25) is 0 Å². The molecule has 0 radical (unpaired) electrons. The van der Waals surface area contributed by atoms with Crippen molar-refractivity contribution in [2.75, 3.05) is 9.80 Å². The molecule has 0 aliphatic carbocycles. The Morgan fingerprint density at radius 3 is 0.891 bits per heavy atom. The molecule has 0 aliphatic rings. The van der Waals surface area contributed by atoms with Gasteiger partial charge in [0.15, 0.2) is 0 Å². The minimum Gasteiger partial charge on any atom is -0.363 e. The Kier molecular flexibility index (Phi) is 10.3. The van der Waals surface area contributed by atoms with Crippen LogP contribution in [0.1, 0.15) is 47.2 Å². The van der Waals surface area contributed by atoms with Gasteiger partial charge in [0.25, 0.3) is 0 Å². The number of aryl methyl sites for hydroxylation is 2. The van der Waals surface area contributed by atoms with Gasteiger partial charge in [-0.15, -0.1) is 0 Å². The van der Waals surface area contributed by atoms with E-state index in [0.29, 0.717) is 0 Å². The fourth-order valence-electron chi connectivity index (χ4n) is 6.36. The number of rotatable bonds is 13. The lowest BCUT2D eigenvalue weighted by Crippen LogP contribution is -2.22. The van der Waals surface area contributed by atoms with E-state index in [1.165, 1.54) is 55.9 Å². The van der Waals surface area contributed by atoms with Crippen molar-refractivity contribution in [1.29, 1.82) is 0 Å². The molecule has 0 unspecified atom stereocenters. The van der Waals surface area contributed by atoms with E-state index in [4.69, 9.17) is 0 Å². The van der Waals surface area contributed by atoms with E-state index >= 15 is 0 Å². The van der Waals surface area contributed by atoms with E-state index < -0.39 is 0 Å². The summed E-state index contributed by atoms with van der Waals surface area (Å²) in [4.78, 5) is 5.00. The summed E-state index contributed by atoms with van der Waals surface area (Å²) in [5, 5.41) is 0. The summed E-state index contributed by atoms with van der Waals surface area (Å²) in [5.74, 6) is 0. The Hall–Kier alpha value is -5.08. The molecule has 0 spiro atoms. The Balaban J connectivity index is 1.33. The van der Waals surface area contributed by atoms with Gasteiger partial charge in [0, 0.05) is 37.6 Å². The fraction of sp³-hybridized carbons (Fsp3) is 0.182. The molecular weight excluding hydrogens is 556 g/mol. The fourth-order valence-corrected chi connectivity index (χ4v) is 6.36. The summed E-state index contributed by atoms with van der Waals surface area (Å²) in [6.45, 7) is 8.03. The average molecular weight is 601 g/mol. The molecule has 230 valence electrons. The molecule has 6 aromatic carbocycles. The maximum atomic E-state index is 2.50. The zero-order valence-electron chi connectivity index (χ0n) is 27.1. The number of anilines is 2. The smallest absolute Gasteiger partial charge is 0.0433 e. The van der Waals surface area contributed by atoms with E-state index in [1.54, 1.807) is 0 Å². The molecule has 0 atom stereocenters. The molecule has 2 heteroatoms. The van der Waals surface area contributed by atoms with Crippen molar-refractivity contribution >= 4 is 11.4 Å². The molecule has 0 saturated heterocycles. The van der Waals surface area contributed by atoms with Crippen molar-refractivity contribution in [1.82, 2.24) is 0 Å². The van der Waals surface area contributed by atoms with Gasteiger partial charge >= 0.3 is 0 Å². The van der Waals surface area contributed by atoms with Crippen LogP contribution in [0.3, 0.4) is 0 Å². The van der Waals surface area contributed by atoms with Crippen LogP contribution >= 0.6 is 0 Å². The van der Waals surface area contributed by atoms with Gasteiger partial charge in [-0.25, -0.2) is 0 Å². The molecule has 0 aromatic heterocycles. The molecule has 2 nitrogen and oxygen atoms in total. The van der Waals surface area contributed by atoms with E-state index in [0.717, 1.165) is 39.0 Å². The highest BCUT2D eigenvalue weighted by molar-refractivity contribution is 5.75. The first-order valence-electron chi connectivity index (χ1n) is 16.6. The van der Waals surface area contributed by atoms with Gasteiger partial charge in [-0.05, 0) is 81.6 Å². The van der Waals surface area contributed by atoms with Crippen LogP contribution < -0.4 is 9.80 Å². The molecule has 6 rings (SSSR count). The summed E-state index contributed by atoms with van der Waals surface area (Å²) in [7, 11) is 0. The Morgan fingerprint density at radius 1 is 0.348 bits per heavy atom. The molecule has 46 heavy (non-hydrogen) atoms. The minimum atomic E-state index is 0.867. The third-order valence-electron chi connectivity index (χ3n) is 8.82. The topological polar surface area (TPSA) is 6.48 Å². The van der Waals surface area contributed by atoms with E-state index in [1.807, 2.05) is 0 Å². The molecule has 0 amide bonds. The second kappa shape index (κ2) is 15.3. The van der Waals surface area contributed by atoms with Crippen LogP contribution in [0.15, 0.2) is 158 Å². The monoisotopic (exact) mass is 600 g/mol. The second-order valence-corrected chi connectivity index (χ2v) is 12.0. The number of hydrogen-bond acceptors (Lipinski definition) is 2. The summed E-state index contributed by atoms with van der Waals surface area (Å²) >= 11 is 0. The van der Waals surface area contributed by atoms with Gasteiger partial charge in [0.2, 0.25) is 0 Å². The van der Waals surface area contributed by atoms with E-state index in [-0.39, 0.29) is 0 Å². The minimum absolute atomic E-state index is 0.867. The molecule has 0 N–H and O–H groups in total. The van der Waals surface area contributed by atoms with Crippen molar-refractivity contribution in [3.05, 3.63) is 191 Å². The molecule has 6 aromatic rings. The maximum absolute atomic E-state index is 2.50. The van der Waals surface area contributed by atoms with E-state index in [2.05, 4.69) is 181 Å². The predicted molar refractivity (Wildman–Crippen MR) is 196 cm³/mol. The molecular formula is C44H44N2. The number of nitrogens with zero attached hydrogens (tertiary/aromatic N) is 2. The van der Waals surface area contributed by atoms with Crippen molar-refractivity contribution < 1.29 is 0 Å². The van der Waals surface area contributed by atoms with Crippen LogP contribution in [0.25, 0.3) is 11.1 Å². The molecule has 0 saturated carbocycles. The lowest BCUT2D eigenvalue weighted by atomic mass is 9.92. The van der Waals surface area contributed by atoms with E-state index in [9.17, 15) is 0 Å². The van der Waals surface area contributed by atoms with Crippen LogP contribution in [0.4, 0.5) is 11.4 Å². The highest BCUT2D eigenvalue weighted by atomic mass is 15.1. The molecule has 0 bridgehead atoms. The summed E-state index contributed by atoms with van der Waals surface area (Å²) in [5.41, 5.74) is 13.3. The van der Waals surface area contributed by atoms with Gasteiger partial charge in [-0.1, -0.05) is 147 Å². The normalized spacial score (nSPS) is 10.9.